The van der Waals surface area contributed by atoms with E-state index in [0.29, 0.717) is 16.9 Å². The van der Waals surface area contributed by atoms with E-state index >= 15 is 0 Å². The number of phenolic OH excluding ortho intramolecular Hbond substituents is 1. The molecule has 0 amide bonds. The molecule has 0 aliphatic carbocycles. The second-order valence-corrected chi connectivity index (χ2v) is 8.97. The minimum atomic E-state index is -0.646. The number of aromatic hydroxyl groups is 1. The Morgan fingerprint density at radius 3 is 2.53 bits per heavy atom. The van der Waals surface area contributed by atoms with Gasteiger partial charge in [-0.25, -0.2) is 0 Å². The fourth-order valence-corrected chi connectivity index (χ4v) is 4.30. The van der Waals surface area contributed by atoms with Crippen LogP contribution in [-0.2, 0) is 9.53 Å². The van der Waals surface area contributed by atoms with Crippen molar-refractivity contribution in [3.05, 3.63) is 58.7 Å². The van der Waals surface area contributed by atoms with Crippen molar-refractivity contribution in [2.45, 2.75) is 51.7 Å². The highest BCUT2D eigenvalue weighted by atomic mass is 16.5. The lowest BCUT2D eigenvalue weighted by molar-refractivity contribution is -0.140. The molecule has 1 unspecified atom stereocenters. The topological polar surface area (TPSA) is 82.1 Å². The van der Waals surface area contributed by atoms with Gasteiger partial charge in [-0.15, -0.1) is 0 Å². The van der Waals surface area contributed by atoms with Crippen LogP contribution < -0.4 is 9.47 Å². The van der Waals surface area contributed by atoms with Crippen LogP contribution in [0.5, 0.6) is 17.2 Å². The van der Waals surface area contributed by atoms with Crippen LogP contribution in [0.3, 0.4) is 0 Å². The first kappa shape index (κ1) is 21.9. The number of ether oxygens (including phenoxy) is 3. The predicted molar refractivity (Wildman–Crippen MR) is 120 cm³/mol. The van der Waals surface area contributed by atoms with Gasteiger partial charge in [0.15, 0.2) is 5.78 Å². The zero-order valence-electron chi connectivity index (χ0n) is 19.0. The third-order valence-corrected chi connectivity index (χ3v) is 6.29. The van der Waals surface area contributed by atoms with Crippen LogP contribution in [0.25, 0.3) is 6.08 Å². The lowest BCUT2D eigenvalue weighted by Crippen LogP contribution is -2.36. The third-order valence-electron chi connectivity index (χ3n) is 6.29. The highest BCUT2D eigenvalue weighted by Gasteiger charge is 2.42. The zero-order valence-corrected chi connectivity index (χ0v) is 19.0. The molecule has 0 bridgehead atoms. The maximum absolute atomic E-state index is 13.3. The van der Waals surface area contributed by atoms with Crippen molar-refractivity contribution in [1.29, 1.82) is 0 Å². The number of Topliss-reactive ketones (excluding diaryl/α,β-unsaturated/α-hetero) is 1. The average molecular weight is 437 g/mol. The van der Waals surface area contributed by atoms with Gasteiger partial charge in [-0.3, -0.25) is 9.59 Å². The molecule has 0 radical (unpaired) electrons. The summed E-state index contributed by atoms with van der Waals surface area (Å²) < 4.78 is 17.5. The summed E-state index contributed by atoms with van der Waals surface area (Å²) >= 11 is 0. The number of esters is 1. The van der Waals surface area contributed by atoms with E-state index in [1.807, 2.05) is 57.2 Å². The van der Waals surface area contributed by atoms with E-state index < -0.39 is 29.5 Å². The summed E-state index contributed by atoms with van der Waals surface area (Å²) in [6.45, 7) is 7.42. The van der Waals surface area contributed by atoms with Gasteiger partial charge in [-0.2, -0.15) is 0 Å². The number of carbonyl (C=O) groups excluding carboxylic acids is 2. The number of fused-ring (bicyclic) bond motifs is 2. The summed E-state index contributed by atoms with van der Waals surface area (Å²) in [4.78, 5) is 25.7. The van der Waals surface area contributed by atoms with Crippen molar-refractivity contribution in [3.63, 3.8) is 0 Å². The summed E-state index contributed by atoms with van der Waals surface area (Å²) in [6.07, 6.45) is 3.24. The molecule has 2 heterocycles. The van der Waals surface area contributed by atoms with Crippen molar-refractivity contribution in [3.8, 4) is 17.2 Å². The summed E-state index contributed by atoms with van der Waals surface area (Å²) in [5.41, 5.74) is 1.35. The molecule has 6 heteroatoms. The summed E-state index contributed by atoms with van der Waals surface area (Å²) in [5.74, 6) is -0.963. The van der Waals surface area contributed by atoms with Gasteiger partial charge < -0.3 is 19.3 Å². The molecule has 0 aromatic heterocycles. The van der Waals surface area contributed by atoms with Crippen LogP contribution in [0, 0.1) is 5.92 Å². The summed E-state index contributed by atoms with van der Waals surface area (Å²) in [5, 5.41) is 11.1. The third kappa shape index (κ3) is 3.64. The fraction of sp³-hybridized carbons (Fsp3) is 0.385. The average Bonchev–Trinajstić information content (AvgIpc) is 2.76. The highest BCUT2D eigenvalue weighted by Crippen LogP contribution is 2.54. The fourth-order valence-electron chi connectivity index (χ4n) is 4.30. The Kier molecular flexibility index (Phi) is 5.49. The minimum Gasteiger partial charge on any atom is -0.506 e. The van der Waals surface area contributed by atoms with Gasteiger partial charge in [-0.1, -0.05) is 37.3 Å². The monoisotopic (exact) mass is 436 g/mol. The maximum Gasteiger partial charge on any atom is 0.306 e. The number of ketones is 1. The van der Waals surface area contributed by atoms with Crippen LogP contribution in [-0.4, -0.2) is 35.7 Å². The van der Waals surface area contributed by atoms with Crippen molar-refractivity contribution in [1.82, 2.24) is 0 Å². The Labute approximate surface area is 187 Å². The number of methoxy groups -OCH3 is 1. The van der Waals surface area contributed by atoms with Crippen molar-refractivity contribution >= 4 is 17.8 Å². The first-order valence-electron chi connectivity index (χ1n) is 10.8. The van der Waals surface area contributed by atoms with E-state index in [4.69, 9.17) is 14.2 Å². The molecular weight excluding hydrogens is 408 g/mol. The molecule has 2 aliphatic heterocycles. The highest BCUT2D eigenvalue weighted by molar-refractivity contribution is 6.06. The Morgan fingerprint density at radius 2 is 1.88 bits per heavy atom. The van der Waals surface area contributed by atoms with Gasteiger partial charge in [0.1, 0.15) is 34.5 Å². The van der Waals surface area contributed by atoms with E-state index in [1.54, 1.807) is 13.0 Å². The Balaban J connectivity index is 2.06. The first-order chi connectivity index (χ1) is 15.1. The second kappa shape index (κ2) is 8.01. The van der Waals surface area contributed by atoms with Crippen LogP contribution in [0.1, 0.15) is 67.1 Å². The molecular formula is C26H28O6. The van der Waals surface area contributed by atoms with E-state index in [9.17, 15) is 14.7 Å². The van der Waals surface area contributed by atoms with E-state index in [1.165, 1.54) is 7.11 Å². The van der Waals surface area contributed by atoms with Crippen LogP contribution in [0.15, 0.2) is 36.4 Å². The van der Waals surface area contributed by atoms with Gasteiger partial charge in [0.2, 0.25) is 0 Å². The van der Waals surface area contributed by atoms with E-state index in [2.05, 4.69) is 0 Å². The van der Waals surface area contributed by atoms with E-state index in [0.717, 1.165) is 5.56 Å². The second-order valence-electron chi connectivity index (χ2n) is 8.97. The summed E-state index contributed by atoms with van der Waals surface area (Å²) in [7, 11) is 1.35. The first-order valence-corrected chi connectivity index (χ1v) is 10.8. The van der Waals surface area contributed by atoms with Crippen LogP contribution in [0.4, 0.5) is 0 Å². The molecule has 4 rings (SSSR count). The molecule has 0 fully saturated rings. The number of rotatable bonds is 4. The number of hydrogen-bond donors (Lipinski definition) is 1. The standard InChI is InChI=1S/C26H28O6/c1-14-15(2)31-25-20(18(13-19(27)30-5)16-9-7-6-8-10-16)24-17(11-12-26(3,4)32-24)23(29)21(25)22(14)28/h6-12,14-15,18,29H,13H2,1-5H3/t14-,15-,18?/m0/s1. The molecule has 3 atom stereocenters. The molecule has 32 heavy (non-hydrogen) atoms. The number of hydrogen-bond acceptors (Lipinski definition) is 6. The SMILES string of the molecule is COC(=O)CC(c1ccccc1)c1c2c(c(O)c3c1O[C@@H](C)[C@H](C)C3=O)C=CC(C)(C)O2. The largest absolute Gasteiger partial charge is 0.506 e. The number of benzene rings is 2. The lowest BCUT2D eigenvalue weighted by atomic mass is 9.80. The molecule has 0 saturated carbocycles. The van der Waals surface area contributed by atoms with Crippen molar-refractivity contribution in [2.24, 2.45) is 5.92 Å². The normalized spacial score (nSPS) is 21.6. The molecule has 0 saturated heterocycles. The van der Waals surface area contributed by atoms with E-state index in [-0.39, 0.29) is 29.3 Å². The van der Waals surface area contributed by atoms with Gasteiger partial charge >= 0.3 is 5.97 Å². The zero-order chi connectivity index (χ0) is 23.2. The Bertz CT molecular complexity index is 1100. The maximum atomic E-state index is 13.3. The molecule has 1 N–H and O–H groups in total. The molecule has 2 aliphatic rings. The molecule has 0 spiro atoms. The van der Waals surface area contributed by atoms with Gasteiger partial charge in [0.25, 0.3) is 0 Å². The molecule has 6 nitrogen and oxygen atoms in total. The number of phenols is 1. The van der Waals surface area contributed by atoms with Gasteiger partial charge in [0, 0.05) is 11.5 Å². The van der Waals surface area contributed by atoms with Crippen molar-refractivity contribution in [2.75, 3.05) is 7.11 Å². The molecule has 168 valence electrons. The Morgan fingerprint density at radius 1 is 1.19 bits per heavy atom. The molecule has 2 aromatic rings. The van der Waals surface area contributed by atoms with Crippen molar-refractivity contribution < 1.29 is 28.9 Å². The van der Waals surface area contributed by atoms with Gasteiger partial charge in [0.05, 0.1) is 25.0 Å². The quantitative estimate of drug-likeness (QED) is 0.689. The van der Waals surface area contributed by atoms with Crippen LogP contribution in [0.2, 0.25) is 0 Å². The van der Waals surface area contributed by atoms with Gasteiger partial charge in [-0.05, 0) is 38.5 Å². The molecule has 2 aromatic carbocycles. The minimum absolute atomic E-state index is 0.0269. The number of carbonyl (C=O) groups is 2. The van der Waals surface area contributed by atoms with Crippen LogP contribution >= 0.6 is 0 Å². The Hall–Kier alpha value is -3.28. The smallest absolute Gasteiger partial charge is 0.306 e. The predicted octanol–water partition coefficient (Wildman–Crippen LogP) is 4.87. The summed E-state index contributed by atoms with van der Waals surface area (Å²) in [6, 6.07) is 9.51. The lowest BCUT2D eigenvalue weighted by Gasteiger charge is -2.37.